The molecule has 0 saturated carbocycles. The van der Waals surface area contributed by atoms with Crippen LogP contribution >= 0.6 is 0 Å². The van der Waals surface area contributed by atoms with Crippen LogP contribution in [0.2, 0.25) is 0 Å². The van der Waals surface area contributed by atoms with Crippen LogP contribution in [0.25, 0.3) is 0 Å². The summed E-state index contributed by atoms with van der Waals surface area (Å²) in [5, 5.41) is 2.67. The molecule has 0 fully saturated rings. The zero-order valence-electron chi connectivity index (χ0n) is 10.00. The number of benzene rings is 1. The van der Waals surface area contributed by atoms with Crippen LogP contribution in [-0.2, 0) is 4.79 Å². The predicted octanol–water partition coefficient (Wildman–Crippen LogP) is 1.56. The van der Waals surface area contributed by atoms with Crippen LogP contribution in [0.1, 0.15) is 13.8 Å². The number of hydrogen-bond donors (Lipinski definition) is 2. The Hall–Kier alpha value is -1.78. The average Bonchev–Trinajstić information content (AvgIpc) is 2.25. The normalized spacial score (nSPS) is 10.4. The van der Waals surface area contributed by atoms with Crippen molar-refractivity contribution in [2.75, 3.05) is 18.9 Å². The fraction of sp³-hybridized carbons (Fsp3) is 0.417. The van der Waals surface area contributed by atoms with Crippen LogP contribution in [0, 0.1) is 11.7 Å². The molecule has 0 aliphatic carbocycles. The average molecular weight is 240 g/mol. The number of nitrogens with one attached hydrogen (secondary N) is 1. The zero-order valence-corrected chi connectivity index (χ0v) is 10.00. The van der Waals surface area contributed by atoms with Crippen molar-refractivity contribution in [2.24, 2.45) is 5.92 Å². The first kappa shape index (κ1) is 13.3. The van der Waals surface area contributed by atoms with Gasteiger partial charge in [0.2, 0.25) is 0 Å². The number of anilines is 1. The minimum atomic E-state index is -0.568. The highest BCUT2D eigenvalue weighted by Crippen LogP contribution is 2.18. The first-order valence-electron chi connectivity index (χ1n) is 5.43. The van der Waals surface area contributed by atoms with E-state index in [0.717, 1.165) is 6.07 Å². The number of rotatable bonds is 5. The Balaban J connectivity index is 2.42. The lowest BCUT2D eigenvalue weighted by molar-refractivity contribution is -0.123. The lowest BCUT2D eigenvalue weighted by Crippen LogP contribution is -2.31. The fourth-order valence-electron chi connectivity index (χ4n) is 1.15. The molecule has 0 aliphatic rings. The number of ether oxygens (including phenoxy) is 1. The Kier molecular flexibility index (Phi) is 4.75. The molecule has 0 radical (unpaired) electrons. The molecule has 3 N–H and O–H groups in total. The van der Waals surface area contributed by atoms with Crippen molar-refractivity contribution in [3.05, 3.63) is 24.0 Å². The van der Waals surface area contributed by atoms with E-state index in [1.165, 1.54) is 12.1 Å². The second-order valence-electron chi connectivity index (χ2n) is 4.18. The SMILES string of the molecule is CC(C)CNC(=O)COc1ccc(N)cc1F. The number of carbonyl (C=O) groups is 1. The molecule has 0 spiro atoms. The van der Waals surface area contributed by atoms with Gasteiger partial charge in [-0.05, 0) is 18.1 Å². The van der Waals surface area contributed by atoms with Crippen LogP contribution in [-0.4, -0.2) is 19.1 Å². The van der Waals surface area contributed by atoms with Gasteiger partial charge in [-0.3, -0.25) is 4.79 Å². The molecule has 1 aromatic rings. The summed E-state index contributed by atoms with van der Waals surface area (Å²) in [5.41, 5.74) is 5.71. The van der Waals surface area contributed by atoms with Crippen molar-refractivity contribution in [2.45, 2.75) is 13.8 Å². The smallest absolute Gasteiger partial charge is 0.257 e. The fourth-order valence-corrected chi connectivity index (χ4v) is 1.15. The van der Waals surface area contributed by atoms with Gasteiger partial charge in [0.1, 0.15) is 0 Å². The van der Waals surface area contributed by atoms with Gasteiger partial charge in [0.05, 0.1) is 0 Å². The number of hydrogen-bond acceptors (Lipinski definition) is 3. The van der Waals surface area contributed by atoms with E-state index in [1.54, 1.807) is 0 Å². The van der Waals surface area contributed by atoms with Crippen molar-refractivity contribution in [3.8, 4) is 5.75 Å². The Morgan fingerprint density at radius 3 is 2.82 bits per heavy atom. The highest BCUT2D eigenvalue weighted by Gasteiger charge is 2.07. The monoisotopic (exact) mass is 240 g/mol. The van der Waals surface area contributed by atoms with Gasteiger partial charge in [-0.15, -0.1) is 0 Å². The highest BCUT2D eigenvalue weighted by molar-refractivity contribution is 5.77. The van der Waals surface area contributed by atoms with Crippen LogP contribution in [0.5, 0.6) is 5.75 Å². The maximum atomic E-state index is 13.3. The van der Waals surface area contributed by atoms with Gasteiger partial charge < -0.3 is 15.8 Å². The summed E-state index contributed by atoms with van der Waals surface area (Å²) in [4.78, 5) is 11.3. The summed E-state index contributed by atoms with van der Waals surface area (Å²) in [5.74, 6) is -0.442. The zero-order chi connectivity index (χ0) is 12.8. The Labute approximate surface area is 100.0 Å². The molecule has 0 heterocycles. The molecule has 0 saturated heterocycles. The standard InChI is InChI=1S/C12H17FN2O2/c1-8(2)6-15-12(16)7-17-11-4-3-9(14)5-10(11)13/h3-5,8H,6-7,14H2,1-2H3,(H,15,16). The largest absolute Gasteiger partial charge is 0.481 e. The maximum Gasteiger partial charge on any atom is 0.257 e. The van der Waals surface area contributed by atoms with Crippen molar-refractivity contribution >= 4 is 11.6 Å². The first-order valence-corrected chi connectivity index (χ1v) is 5.43. The summed E-state index contributed by atoms with van der Waals surface area (Å²) in [6, 6.07) is 4.08. The second-order valence-corrected chi connectivity index (χ2v) is 4.18. The van der Waals surface area contributed by atoms with Crippen LogP contribution in [0.3, 0.4) is 0 Å². The van der Waals surface area contributed by atoms with E-state index < -0.39 is 5.82 Å². The van der Waals surface area contributed by atoms with E-state index in [0.29, 0.717) is 18.2 Å². The van der Waals surface area contributed by atoms with E-state index in [2.05, 4.69) is 5.32 Å². The van der Waals surface area contributed by atoms with Crippen LogP contribution in [0.15, 0.2) is 18.2 Å². The number of carbonyl (C=O) groups excluding carboxylic acids is 1. The van der Waals surface area contributed by atoms with Gasteiger partial charge in [0, 0.05) is 18.3 Å². The number of amides is 1. The summed E-state index contributed by atoms with van der Waals surface area (Å²) < 4.78 is 18.3. The molecule has 4 nitrogen and oxygen atoms in total. The molecule has 5 heteroatoms. The number of nitrogens with two attached hydrogens (primary N) is 1. The molecular formula is C12H17FN2O2. The first-order chi connectivity index (χ1) is 7.99. The molecule has 0 unspecified atom stereocenters. The summed E-state index contributed by atoms with van der Waals surface area (Å²) in [6.45, 7) is 4.35. The topological polar surface area (TPSA) is 64.3 Å². The van der Waals surface area contributed by atoms with Gasteiger partial charge in [0.25, 0.3) is 5.91 Å². The highest BCUT2D eigenvalue weighted by atomic mass is 19.1. The minimum Gasteiger partial charge on any atom is -0.481 e. The van der Waals surface area contributed by atoms with Gasteiger partial charge in [0.15, 0.2) is 18.2 Å². The lowest BCUT2D eigenvalue weighted by atomic mass is 10.2. The third kappa shape index (κ3) is 4.72. The van der Waals surface area contributed by atoms with E-state index in [9.17, 15) is 9.18 Å². The molecule has 0 aliphatic heterocycles. The Bertz CT molecular complexity index is 394. The van der Waals surface area contributed by atoms with Crippen LogP contribution < -0.4 is 15.8 Å². The van der Waals surface area contributed by atoms with E-state index >= 15 is 0 Å². The summed E-state index contributed by atoms with van der Waals surface area (Å²) >= 11 is 0. The van der Waals surface area contributed by atoms with Crippen molar-refractivity contribution < 1.29 is 13.9 Å². The van der Waals surface area contributed by atoms with E-state index in [4.69, 9.17) is 10.5 Å². The summed E-state index contributed by atoms with van der Waals surface area (Å²) in [7, 11) is 0. The second kappa shape index (κ2) is 6.08. The maximum absolute atomic E-state index is 13.3. The van der Waals surface area contributed by atoms with E-state index in [1.807, 2.05) is 13.8 Å². The molecule has 1 aromatic carbocycles. The third-order valence-corrected chi connectivity index (χ3v) is 2.02. The molecular weight excluding hydrogens is 223 g/mol. The Morgan fingerprint density at radius 2 is 2.24 bits per heavy atom. The molecule has 0 bridgehead atoms. The molecule has 1 amide bonds. The number of nitrogen functional groups attached to an aromatic ring is 1. The molecule has 0 atom stereocenters. The van der Waals surface area contributed by atoms with Gasteiger partial charge in [-0.2, -0.15) is 0 Å². The van der Waals surface area contributed by atoms with Gasteiger partial charge >= 0.3 is 0 Å². The number of halogens is 1. The van der Waals surface area contributed by atoms with Crippen molar-refractivity contribution in [1.82, 2.24) is 5.32 Å². The van der Waals surface area contributed by atoms with E-state index in [-0.39, 0.29) is 18.3 Å². The molecule has 17 heavy (non-hydrogen) atoms. The Morgan fingerprint density at radius 1 is 1.53 bits per heavy atom. The summed E-state index contributed by atoms with van der Waals surface area (Å²) in [6.07, 6.45) is 0. The third-order valence-electron chi connectivity index (χ3n) is 2.02. The molecule has 0 aromatic heterocycles. The van der Waals surface area contributed by atoms with Crippen LogP contribution in [0.4, 0.5) is 10.1 Å². The quantitative estimate of drug-likeness (QED) is 0.768. The van der Waals surface area contributed by atoms with Crippen molar-refractivity contribution in [1.29, 1.82) is 0 Å². The predicted molar refractivity (Wildman–Crippen MR) is 64.2 cm³/mol. The van der Waals surface area contributed by atoms with Gasteiger partial charge in [-0.25, -0.2) is 4.39 Å². The van der Waals surface area contributed by atoms with Crippen molar-refractivity contribution in [3.63, 3.8) is 0 Å². The van der Waals surface area contributed by atoms with Gasteiger partial charge in [-0.1, -0.05) is 13.8 Å². The lowest BCUT2D eigenvalue weighted by Gasteiger charge is -2.09. The minimum absolute atomic E-state index is 0.0268. The molecule has 1 rings (SSSR count). The molecule has 94 valence electrons.